The molecule has 1 fully saturated rings. The van der Waals surface area contributed by atoms with Crippen molar-refractivity contribution in [3.63, 3.8) is 0 Å². The number of hydrogen-bond acceptors (Lipinski definition) is 2. The van der Waals surface area contributed by atoms with E-state index < -0.39 is 0 Å². The Bertz CT molecular complexity index is 478. The van der Waals surface area contributed by atoms with Gasteiger partial charge in [0.1, 0.15) is 12.0 Å². The first kappa shape index (κ1) is 16.0. The number of benzene rings is 1. The fourth-order valence-corrected chi connectivity index (χ4v) is 2.82. The standard InChI is InChI=1S/C17H25FN2O/c1-3-5-11-15-17(21)20(12-6-4-2)16(19-15)13-9-7-8-10-14(13)18/h7-10,15-16,19H,3-6,11-12H2,1-2H3. The number of halogens is 1. The Hall–Kier alpha value is -1.42. The molecule has 0 radical (unpaired) electrons. The highest BCUT2D eigenvalue weighted by molar-refractivity contribution is 5.84. The van der Waals surface area contributed by atoms with Gasteiger partial charge >= 0.3 is 0 Å². The maximum atomic E-state index is 14.1. The summed E-state index contributed by atoms with van der Waals surface area (Å²) in [5.41, 5.74) is 0.570. The summed E-state index contributed by atoms with van der Waals surface area (Å²) in [6.45, 7) is 4.90. The lowest BCUT2D eigenvalue weighted by Gasteiger charge is -2.24. The second-order valence-electron chi connectivity index (χ2n) is 5.67. The van der Waals surface area contributed by atoms with E-state index in [1.807, 2.05) is 11.0 Å². The van der Waals surface area contributed by atoms with Gasteiger partial charge in [-0.3, -0.25) is 10.1 Å². The van der Waals surface area contributed by atoms with Crippen LogP contribution in [0.4, 0.5) is 4.39 Å². The maximum absolute atomic E-state index is 14.1. The van der Waals surface area contributed by atoms with Gasteiger partial charge in [-0.15, -0.1) is 0 Å². The summed E-state index contributed by atoms with van der Waals surface area (Å²) >= 11 is 0. The number of nitrogens with one attached hydrogen (secondary N) is 1. The van der Waals surface area contributed by atoms with Crippen LogP contribution in [0.25, 0.3) is 0 Å². The molecule has 1 saturated heterocycles. The zero-order chi connectivity index (χ0) is 15.2. The van der Waals surface area contributed by atoms with Crippen LogP contribution in [0.1, 0.15) is 57.7 Å². The molecule has 4 heteroatoms. The summed E-state index contributed by atoms with van der Waals surface area (Å²) < 4.78 is 14.1. The average Bonchev–Trinajstić information content (AvgIpc) is 2.80. The number of carbonyl (C=O) groups excluding carboxylic acids is 1. The Morgan fingerprint density at radius 2 is 1.90 bits per heavy atom. The topological polar surface area (TPSA) is 32.3 Å². The number of hydrogen-bond donors (Lipinski definition) is 1. The maximum Gasteiger partial charge on any atom is 0.241 e. The summed E-state index contributed by atoms with van der Waals surface area (Å²) in [6.07, 6.45) is 4.53. The quantitative estimate of drug-likeness (QED) is 0.832. The fourth-order valence-electron chi connectivity index (χ4n) is 2.82. The average molecular weight is 292 g/mol. The molecule has 2 atom stereocenters. The van der Waals surface area contributed by atoms with Crippen molar-refractivity contribution in [2.75, 3.05) is 6.54 Å². The molecule has 1 N–H and O–H groups in total. The van der Waals surface area contributed by atoms with Crippen LogP contribution in [-0.4, -0.2) is 23.4 Å². The Morgan fingerprint density at radius 1 is 1.19 bits per heavy atom. The molecule has 116 valence electrons. The number of unbranched alkanes of at least 4 members (excludes halogenated alkanes) is 2. The number of carbonyl (C=O) groups is 1. The van der Waals surface area contributed by atoms with Crippen LogP contribution in [0.2, 0.25) is 0 Å². The van der Waals surface area contributed by atoms with Crippen molar-refractivity contribution in [1.29, 1.82) is 0 Å². The van der Waals surface area contributed by atoms with Crippen molar-refractivity contribution in [2.45, 2.75) is 58.2 Å². The van der Waals surface area contributed by atoms with Crippen molar-refractivity contribution < 1.29 is 9.18 Å². The Labute approximate surface area is 126 Å². The van der Waals surface area contributed by atoms with Crippen molar-refractivity contribution in [3.05, 3.63) is 35.6 Å². The van der Waals surface area contributed by atoms with Gasteiger partial charge in [0.05, 0.1) is 6.04 Å². The second-order valence-corrected chi connectivity index (χ2v) is 5.67. The van der Waals surface area contributed by atoms with Crippen LogP contribution in [0.15, 0.2) is 24.3 Å². The highest BCUT2D eigenvalue weighted by Crippen LogP contribution is 2.29. The molecule has 2 unspecified atom stereocenters. The normalized spacial score (nSPS) is 22.0. The van der Waals surface area contributed by atoms with Gasteiger partial charge in [0.2, 0.25) is 5.91 Å². The minimum absolute atomic E-state index is 0.116. The van der Waals surface area contributed by atoms with E-state index in [1.165, 1.54) is 6.07 Å². The number of rotatable bonds is 7. The lowest BCUT2D eigenvalue weighted by atomic mass is 10.1. The van der Waals surface area contributed by atoms with Crippen LogP contribution < -0.4 is 5.32 Å². The van der Waals surface area contributed by atoms with Crippen LogP contribution in [0.3, 0.4) is 0 Å². The van der Waals surface area contributed by atoms with E-state index in [9.17, 15) is 9.18 Å². The minimum Gasteiger partial charge on any atom is -0.321 e. The molecule has 0 saturated carbocycles. The third-order valence-corrected chi connectivity index (χ3v) is 4.05. The lowest BCUT2D eigenvalue weighted by molar-refractivity contribution is -0.130. The van der Waals surface area contributed by atoms with Crippen molar-refractivity contribution >= 4 is 5.91 Å². The van der Waals surface area contributed by atoms with E-state index in [4.69, 9.17) is 0 Å². The van der Waals surface area contributed by atoms with Gasteiger partial charge < -0.3 is 4.90 Å². The zero-order valence-electron chi connectivity index (χ0n) is 12.9. The Balaban J connectivity index is 2.20. The molecular weight excluding hydrogens is 267 g/mol. The summed E-state index contributed by atoms with van der Waals surface area (Å²) in [5.74, 6) is -0.134. The minimum atomic E-state index is -0.327. The molecule has 1 amide bonds. The predicted octanol–water partition coefficient (Wildman–Crippen LogP) is 3.62. The van der Waals surface area contributed by atoms with Crippen molar-refractivity contribution in [3.8, 4) is 0 Å². The molecule has 0 aliphatic carbocycles. The van der Waals surface area contributed by atoms with Crippen LogP contribution in [0.5, 0.6) is 0 Å². The SMILES string of the molecule is CCCCC1NC(c2ccccc2F)N(CCCC)C1=O. The van der Waals surface area contributed by atoms with Crippen molar-refractivity contribution in [2.24, 2.45) is 0 Å². The smallest absolute Gasteiger partial charge is 0.241 e. The van der Waals surface area contributed by atoms with Gasteiger partial charge in [0, 0.05) is 12.1 Å². The van der Waals surface area contributed by atoms with Gasteiger partial charge in [-0.25, -0.2) is 4.39 Å². The van der Waals surface area contributed by atoms with E-state index in [-0.39, 0.29) is 23.9 Å². The monoisotopic (exact) mass is 292 g/mol. The third-order valence-electron chi connectivity index (χ3n) is 4.05. The molecule has 1 aromatic rings. The molecule has 21 heavy (non-hydrogen) atoms. The van der Waals surface area contributed by atoms with Gasteiger partial charge in [0.25, 0.3) is 0 Å². The molecule has 1 heterocycles. The molecule has 0 spiro atoms. The lowest BCUT2D eigenvalue weighted by Crippen LogP contribution is -2.32. The van der Waals surface area contributed by atoms with Gasteiger partial charge in [-0.2, -0.15) is 0 Å². The Morgan fingerprint density at radius 3 is 2.57 bits per heavy atom. The summed E-state index contributed by atoms with van der Waals surface area (Å²) in [7, 11) is 0. The van der Waals surface area contributed by atoms with Crippen LogP contribution in [-0.2, 0) is 4.79 Å². The van der Waals surface area contributed by atoms with E-state index in [1.54, 1.807) is 12.1 Å². The van der Waals surface area contributed by atoms with Crippen molar-refractivity contribution in [1.82, 2.24) is 10.2 Å². The third kappa shape index (κ3) is 3.62. The molecule has 2 rings (SSSR count). The first-order valence-electron chi connectivity index (χ1n) is 8.00. The molecule has 1 aromatic carbocycles. The van der Waals surface area contributed by atoms with E-state index in [0.29, 0.717) is 12.1 Å². The predicted molar refractivity (Wildman–Crippen MR) is 82.2 cm³/mol. The molecule has 0 aromatic heterocycles. The molecule has 1 aliphatic heterocycles. The molecule has 0 bridgehead atoms. The number of nitrogens with zero attached hydrogens (tertiary/aromatic N) is 1. The van der Waals surface area contributed by atoms with E-state index in [2.05, 4.69) is 19.2 Å². The Kier molecular flexibility index (Phi) is 5.74. The van der Waals surface area contributed by atoms with Crippen LogP contribution in [0, 0.1) is 5.82 Å². The molecular formula is C17H25FN2O. The van der Waals surface area contributed by atoms with Gasteiger partial charge in [0.15, 0.2) is 0 Å². The van der Waals surface area contributed by atoms with Gasteiger partial charge in [-0.1, -0.05) is 51.3 Å². The van der Waals surface area contributed by atoms with Crippen LogP contribution >= 0.6 is 0 Å². The highest BCUT2D eigenvalue weighted by atomic mass is 19.1. The van der Waals surface area contributed by atoms with E-state index in [0.717, 1.165) is 32.1 Å². The zero-order valence-corrected chi connectivity index (χ0v) is 12.9. The second kappa shape index (κ2) is 7.55. The molecule has 1 aliphatic rings. The first-order valence-corrected chi connectivity index (χ1v) is 8.00. The number of amides is 1. The van der Waals surface area contributed by atoms with Gasteiger partial charge in [-0.05, 0) is 18.9 Å². The van der Waals surface area contributed by atoms with E-state index >= 15 is 0 Å². The summed E-state index contributed by atoms with van der Waals surface area (Å²) in [5, 5.41) is 3.33. The highest BCUT2D eigenvalue weighted by Gasteiger charge is 2.39. The fraction of sp³-hybridized carbons (Fsp3) is 0.588. The summed E-state index contributed by atoms with van der Waals surface area (Å²) in [6, 6.07) is 6.55. The molecule has 3 nitrogen and oxygen atoms in total. The largest absolute Gasteiger partial charge is 0.321 e. The first-order chi connectivity index (χ1) is 10.2. The summed E-state index contributed by atoms with van der Waals surface area (Å²) in [4.78, 5) is 14.4.